The number of furan rings is 1. The molecular weight excluding hydrogens is 406 g/mol. The van der Waals surface area contributed by atoms with Crippen LogP contribution in [0.15, 0.2) is 88.9 Å². The Morgan fingerprint density at radius 2 is 1.62 bits per heavy atom. The highest BCUT2D eigenvalue weighted by Crippen LogP contribution is 2.45. The molecule has 6 heteroatoms. The van der Waals surface area contributed by atoms with Crippen molar-refractivity contribution in [2.45, 2.75) is 13.0 Å². The van der Waals surface area contributed by atoms with E-state index in [1.165, 1.54) is 11.0 Å². The van der Waals surface area contributed by atoms with Crippen molar-refractivity contribution in [1.82, 2.24) is 0 Å². The Morgan fingerprint density at radius 3 is 2.38 bits per heavy atom. The van der Waals surface area contributed by atoms with E-state index in [2.05, 4.69) is 0 Å². The lowest BCUT2D eigenvalue weighted by atomic mass is 9.96. The number of Topliss-reactive ketones (excluding diaryl/α,β-unsaturated/α-hetero) is 1. The highest BCUT2D eigenvalue weighted by molar-refractivity contribution is 6.52. The van der Waals surface area contributed by atoms with Crippen LogP contribution in [0.5, 0.6) is 5.75 Å². The number of para-hydroxylation sites is 2. The zero-order chi connectivity index (χ0) is 22.4. The highest BCUT2D eigenvalue weighted by atomic mass is 16.3. The molecule has 6 nitrogen and oxygen atoms in total. The molecule has 158 valence electrons. The number of rotatable bonds is 3. The second-order valence-corrected chi connectivity index (χ2v) is 7.63. The number of carbonyl (C=O) groups is 2. The third-order valence-corrected chi connectivity index (χ3v) is 5.66. The smallest absolute Gasteiger partial charge is 0.300 e. The van der Waals surface area contributed by atoms with Crippen LogP contribution in [0.3, 0.4) is 0 Å². The first kappa shape index (κ1) is 19.6. The Kier molecular flexibility index (Phi) is 4.56. The van der Waals surface area contributed by atoms with E-state index in [1.54, 1.807) is 49.4 Å². The Hall–Kier alpha value is -4.32. The van der Waals surface area contributed by atoms with Gasteiger partial charge in [0.15, 0.2) is 0 Å². The number of ketones is 1. The summed E-state index contributed by atoms with van der Waals surface area (Å²) in [5, 5.41) is 23.4. The summed E-state index contributed by atoms with van der Waals surface area (Å²) in [6, 6.07) is 21.5. The molecule has 0 spiro atoms. The molecule has 1 fully saturated rings. The third kappa shape index (κ3) is 2.96. The Balaban J connectivity index is 1.79. The van der Waals surface area contributed by atoms with E-state index in [9.17, 15) is 19.8 Å². The van der Waals surface area contributed by atoms with Crippen LogP contribution in [-0.2, 0) is 9.59 Å². The van der Waals surface area contributed by atoms with Gasteiger partial charge in [0.1, 0.15) is 29.1 Å². The number of aromatic hydroxyl groups is 1. The molecule has 0 bridgehead atoms. The van der Waals surface area contributed by atoms with Crippen molar-refractivity contribution in [1.29, 1.82) is 0 Å². The number of phenols is 1. The average molecular weight is 425 g/mol. The molecule has 3 aromatic carbocycles. The van der Waals surface area contributed by atoms with Gasteiger partial charge in [0.05, 0.1) is 11.3 Å². The molecule has 2 heterocycles. The number of aryl methyl sites for hydroxylation is 1. The molecule has 1 amide bonds. The second kappa shape index (κ2) is 7.42. The predicted octanol–water partition coefficient (Wildman–Crippen LogP) is 5.07. The number of hydrogen-bond donors (Lipinski definition) is 2. The number of benzene rings is 3. The molecule has 1 saturated heterocycles. The molecule has 5 rings (SSSR count). The summed E-state index contributed by atoms with van der Waals surface area (Å²) in [6.07, 6.45) is 0. The summed E-state index contributed by atoms with van der Waals surface area (Å²) < 4.78 is 5.79. The second-order valence-electron chi connectivity index (χ2n) is 7.63. The average Bonchev–Trinajstić information content (AvgIpc) is 3.34. The number of fused-ring (bicyclic) bond motifs is 1. The number of nitrogens with zero attached hydrogens (tertiary/aromatic N) is 1. The summed E-state index contributed by atoms with van der Waals surface area (Å²) >= 11 is 0. The fourth-order valence-corrected chi connectivity index (χ4v) is 4.20. The molecule has 0 aliphatic carbocycles. The van der Waals surface area contributed by atoms with Crippen molar-refractivity contribution in [2.24, 2.45) is 0 Å². The van der Waals surface area contributed by atoms with Gasteiger partial charge in [-0.3, -0.25) is 14.5 Å². The third-order valence-electron chi connectivity index (χ3n) is 5.66. The molecule has 32 heavy (non-hydrogen) atoms. The van der Waals surface area contributed by atoms with E-state index >= 15 is 0 Å². The van der Waals surface area contributed by atoms with Gasteiger partial charge < -0.3 is 14.6 Å². The van der Waals surface area contributed by atoms with Crippen LogP contribution in [0, 0.1) is 6.92 Å². The van der Waals surface area contributed by atoms with Gasteiger partial charge in [-0.2, -0.15) is 0 Å². The topological polar surface area (TPSA) is 91.0 Å². The predicted molar refractivity (Wildman–Crippen MR) is 120 cm³/mol. The van der Waals surface area contributed by atoms with Crippen LogP contribution in [-0.4, -0.2) is 21.9 Å². The van der Waals surface area contributed by atoms with Crippen molar-refractivity contribution in [2.75, 3.05) is 4.90 Å². The monoisotopic (exact) mass is 425 g/mol. The number of aliphatic hydroxyl groups excluding tert-OH is 1. The maximum Gasteiger partial charge on any atom is 0.300 e. The van der Waals surface area contributed by atoms with E-state index in [-0.39, 0.29) is 22.8 Å². The zero-order valence-corrected chi connectivity index (χ0v) is 17.1. The highest BCUT2D eigenvalue weighted by Gasteiger charge is 2.49. The summed E-state index contributed by atoms with van der Waals surface area (Å²) in [7, 11) is 0. The van der Waals surface area contributed by atoms with Gasteiger partial charge in [-0.25, -0.2) is 0 Å². The number of amides is 1. The van der Waals surface area contributed by atoms with Gasteiger partial charge in [0.2, 0.25) is 0 Å². The van der Waals surface area contributed by atoms with E-state index in [4.69, 9.17) is 4.42 Å². The minimum atomic E-state index is -1.03. The van der Waals surface area contributed by atoms with Crippen LogP contribution in [0.25, 0.3) is 16.5 Å². The van der Waals surface area contributed by atoms with Gasteiger partial charge >= 0.3 is 0 Å². The van der Waals surface area contributed by atoms with E-state index in [0.29, 0.717) is 17.1 Å². The molecule has 4 aromatic rings. The molecular formula is C26H19NO5. The SMILES string of the molecule is Cc1ccc(C2/C(=C(/O)c3cccc4ccccc34)C(=O)C(=O)N2c2ccccc2O)o1. The van der Waals surface area contributed by atoms with Gasteiger partial charge in [-0.05, 0) is 42.0 Å². The number of carbonyl (C=O) groups excluding carboxylic acids is 2. The molecule has 1 atom stereocenters. The van der Waals surface area contributed by atoms with Crippen molar-refractivity contribution in [3.63, 3.8) is 0 Å². The summed E-state index contributed by atoms with van der Waals surface area (Å²) in [4.78, 5) is 27.5. The van der Waals surface area contributed by atoms with Gasteiger partial charge in [0, 0.05) is 5.56 Å². The van der Waals surface area contributed by atoms with Crippen LogP contribution < -0.4 is 4.90 Å². The Labute approximate surface area is 183 Å². The Morgan fingerprint density at radius 1 is 0.906 bits per heavy atom. The first-order valence-electron chi connectivity index (χ1n) is 10.1. The van der Waals surface area contributed by atoms with E-state index < -0.39 is 17.7 Å². The fraction of sp³-hybridized carbons (Fsp3) is 0.0769. The molecule has 1 aliphatic heterocycles. The number of hydrogen-bond acceptors (Lipinski definition) is 5. The minimum absolute atomic E-state index is 0.0936. The fourth-order valence-electron chi connectivity index (χ4n) is 4.20. The number of phenolic OH excluding ortho intramolecular Hbond substituents is 1. The molecule has 0 radical (unpaired) electrons. The quantitative estimate of drug-likeness (QED) is 0.272. The van der Waals surface area contributed by atoms with Gasteiger partial charge in [-0.15, -0.1) is 0 Å². The first-order valence-corrected chi connectivity index (χ1v) is 10.1. The molecule has 1 unspecified atom stereocenters. The largest absolute Gasteiger partial charge is 0.507 e. The number of aliphatic hydroxyl groups is 1. The van der Waals surface area contributed by atoms with Crippen LogP contribution in [0.4, 0.5) is 5.69 Å². The van der Waals surface area contributed by atoms with Crippen molar-refractivity contribution >= 4 is 33.9 Å². The summed E-state index contributed by atoms with van der Waals surface area (Å²) in [5.41, 5.74) is 0.501. The maximum atomic E-state index is 13.2. The summed E-state index contributed by atoms with van der Waals surface area (Å²) in [5.74, 6) is -1.25. The standard InChI is InChI=1S/C26H19NO5/c1-15-13-14-21(32-15)23-22(24(29)18-10-6-8-16-7-2-3-9-17(16)18)25(30)26(31)27(23)19-11-4-5-12-20(19)28/h2-14,23,28-29H,1H3/b24-22-. The molecule has 1 aromatic heterocycles. The summed E-state index contributed by atoms with van der Waals surface area (Å²) in [6.45, 7) is 1.75. The van der Waals surface area contributed by atoms with Crippen LogP contribution >= 0.6 is 0 Å². The zero-order valence-electron chi connectivity index (χ0n) is 17.1. The van der Waals surface area contributed by atoms with Gasteiger partial charge in [-0.1, -0.05) is 54.6 Å². The van der Waals surface area contributed by atoms with Crippen molar-refractivity contribution < 1.29 is 24.2 Å². The van der Waals surface area contributed by atoms with Crippen LogP contribution in [0.1, 0.15) is 23.1 Å². The molecule has 0 saturated carbocycles. The first-order chi connectivity index (χ1) is 15.5. The molecule has 1 aliphatic rings. The molecule has 2 N–H and O–H groups in total. The number of anilines is 1. The van der Waals surface area contributed by atoms with Gasteiger partial charge in [0.25, 0.3) is 11.7 Å². The van der Waals surface area contributed by atoms with Crippen molar-refractivity contribution in [3.8, 4) is 5.75 Å². The minimum Gasteiger partial charge on any atom is -0.507 e. The van der Waals surface area contributed by atoms with E-state index in [1.807, 2.05) is 30.3 Å². The lowest BCUT2D eigenvalue weighted by molar-refractivity contribution is -0.132. The van der Waals surface area contributed by atoms with Crippen LogP contribution in [0.2, 0.25) is 0 Å². The normalized spacial score (nSPS) is 17.9. The lowest BCUT2D eigenvalue weighted by Gasteiger charge is -2.24. The van der Waals surface area contributed by atoms with Crippen molar-refractivity contribution in [3.05, 3.63) is 102 Å². The Bertz CT molecular complexity index is 1410. The lowest BCUT2D eigenvalue weighted by Crippen LogP contribution is -2.29. The maximum absolute atomic E-state index is 13.2. The van der Waals surface area contributed by atoms with E-state index in [0.717, 1.165) is 10.8 Å².